The normalized spacial score (nSPS) is 25.7. The van der Waals surface area contributed by atoms with Crippen LogP contribution in [0.5, 0.6) is 0 Å². The lowest BCUT2D eigenvalue weighted by molar-refractivity contribution is 0.299. The highest BCUT2D eigenvalue weighted by molar-refractivity contribution is 14.0. The summed E-state index contributed by atoms with van der Waals surface area (Å²) in [5.41, 5.74) is -0.546. The van der Waals surface area contributed by atoms with Crippen molar-refractivity contribution in [1.29, 1.82) is 0 Å². The van der Waals surface area contributed by atoms with Crippen molar-refractivity contribution < 1.29 is 8.42 Å². The first-order chi connectivity index (χ1) is 10.2. The van der Waals surface area contributed by atoms with Crippen LogP contribution in [0.25, 0.3) is 0 Å². The molecule has 0 radical (unpaired) electrons. The largest absolute Gasteiger partial charge is 0.354 e. The summed E-state index contributed by atoms with van der Waals surface area (Å²) in [5, 5.41) is 3.33. The van der Waals surface area contributed by atoms with Crippen molar-refractivity contribution in [3.8, 4) is 0 Å². The fourth-order valence-electron chi connectivity index (χ4n) is 3.75. The number of nitrogens with zero attached hydrogens (tertiary/aromatic N) is 2. The van der Waals surface area contributed by atoms with E-state index >= 15 is 0 Å². The lowest BCUT2D eigenvalue weighted by Gasteiger charge is -2.29. The third-order valence-corrected chi connectivity index (χ3v) is 5.56. The zero-order valence-electron chi connectivity index (χ0n) is 14.6. The maximum absolute atomic E-state index is 11.4. The van der Waals surface area contributed by atoms with Gasteiger partial charge in [-0.25, -0.2) is 13.1 Å². The van der Waals surface area contributed by atoms with Crippen molar-refractivity contribution in [2.45, 2.75) is 45.1 Å². The average Bonchev–Trinajstić information content (AvgIpc) is 2.80. The van der Waals surface area contributed by atoms with Gasteiger partial charge < -0.3 is 10.2 Å². The molecule has 2 unspecified atom stereocenters. The SMILES string of the molecule is CN=C(NCC(C)(C)NS(C)(=O)=O)N1CC2CCCCC2C1.I. The summed E-state index contributed by atoms with van der Waals surface area (Å²) >= 11 is 0. The van der Waals surface area contributed by atoms with Crippen molar-refractivity contribution >= 4 is 40.0 Å². The van der Waals surface area contributed by atoms with Crippen molar-refractivity contribution in [1.82, 2.24) is 14.9 Å². The number of hydrogen-bond acceptors (Lipinski definition) is 3. The molecule has 6 nitrogen and oxygen atoms in total. The predicted octanol–water partition coefficient (Wildman–Crippen LogP) is 1.63. The first-order valence-electron chi connectivity index (χ1n) is 8.15. The van der Waals surface area contributed by atoms with Crippen molar-refractivity contribution in [3.63, 3.8) is 0 Å². The van der Waals surface area contributed by atoms with E-state index in [9.17, 15) is 8.42 Å². The average molecular weight is 458 g/mol. The second-order valence-electron chi connectivity index (χ2n) is 7.37. The van der Waals surface area contributed by atoms with Crippen LogP contribution in [0.15, 0.2) is 4.99 Å². The van der Waals surface area contributed by atoms with Gasteiger partial charge in [-0.15, -0.1) is 24.0 Å². The molecule has 1 saturated carbocycles. The standard InChI is InChI=1S/C15H30N4O2S.HI/c1-15(2,18-22(4,20)21)11-17-14(16-3)19-9-12-7-5-6-8-13(12)10-19;/h12-13,18H,5-11H2,1-4H3,(H,16,17);1H. The number of sulfonamides is 1. The number of fused-ring (bicyclic) bond motifs is 1. The molecule has 0 spiro atoms. The predicted molar refractivity (Wildman–Crippen MR) is 106 cm³/mol. The number of hydrogen-bond donors (Lipinski definition) is 2. The quantitative estimate of drug-likeness (QED) is 0.382. The van der Waals surface area contributed by atoms with Crippen LogP contribution in [0.1, 0.15) is 39.5 Å². The Morgan fingerprint density at radius 1 is 1.22 bits per heavy atom. The molecule has 1 heterocycles. The Morgan fingerprint density at radius 3 is 2.17 bits per heavy atom. The Morgan fingerprint density at radius 2 is 1.74 bits per heavy atom. The smallest absolute Gasteiger partial charge is 0.209 e. The highest BCUT2D eigenvalue weighted by Crippen LogP contribution is 2.35. The Labute approximate surface area is 157 Å². The number of aliphatic imine (C=N–C) groups is 1. The van der Waals surface area contributed by atoms with Gasteiger partial charge in [0.05, 0.1) is 6.26 Å². The first kappa shape index (κ1) is 21.0. The summed E-state index contributed by atoms with van der Waals surface area (Å²) in [6.45, 7) is 6.41. The van der Waals surface area contributed by atoms with Crippen molar-refractivity contribution in [2.75, 3.05) is 32.9 Å². The van der Waals surface area contributed by atoms with Gasteiger partial charge in [0.2, 0.25) is 10.0 Å². The molecule has 0 aromatic rings. The highest BCUT2D eigenvalue weighted by atomic mass is 127. The van der Waals surface area contributed by atoms with Crippen LogP contribution >= 0.6 is 24.0 Å². The van der Waals surface area contributed by atoms with Crippen LogP contribution in [0.4, 0.5) is 0 Å². The molecule has 23 heavy (non-hydrogen) atoms. The van der Waals surface area contributed by atoms with Crippen molar-refractivity contribution in [3.05, 3.63) is 0 Å². The van der Waals surface area contributed by atoms with Gasteiger partial charge >= 0.3 is 0 Å². The van der Waals surface area contributed by atoms with E-state index in [-0.39, 0.29) is 24.0 Å². The Hall–Kier alpha value is -0.0900. The molecule has 0 bridgehead atoms. The molecular formula is C15H31IN4O2S. The molecule has 1 aliphatic carbocycles. The zero-order valence-corrected chi connectivity index (χ0v) is 17.8. The number of likely N-dealkylation sites (tertiary alicyclic amines) is 1. The molecule has 1 aliphatic heterocycles. The van der Waals surface area contributed by atoms with Gasteiger partial charge in [-0.3, -0.25) is 4.99 Å². The van der Waals surface area contributed by atoms with E-state index in [1.165, 1.54) is 31.9 Å². The Bertz CT molecular complexity index is 508. The number of halogens is 1. The van der Waals surface area contributed by atoms with Gasteiger partial charge in [-0.05, 0) is 38.5 Å². The van der Waals surface area contributed by atoms with E-state index in [0.29, 0.717) is 6.54 Å². The second-order valence-corrected chi connectivity index (χ2v) is 9.12. The highest BCUT2D eigenvalue weighted by Gasteiger charge is 2.36. The van der Waals surface area contributed by atoms with E-state index < -0.39 is 15.6 Å². The molecule has 0 amide bonds. The number of rotatable bonds is 4. The summed E-state index contributed by atoms with van der Waals surface area (Å²) in [6, 6.07) is 0. The third-order valence-electron chi connectivity index (χ3n) is 4.64. The van der Waals surface area contributed by atoms with Gasteiger partial charge in [-0.2, -0.15) is 0 Å². The van der Waals surface area contributed by atoms with Crippen LogP contribution < -0.4 is 10.0 Å². The minimum atomic E-state index is -3.22. The molecule has 0 aromatic carbocycles. The molecule has 2 aliphatic rings. The van der Waals surface area contributed by atoms with Crippen LogP contribution in [0.3, 0.4) is 0 Å². The number of nitrogens with one attached hydrogen (secondary N) is 2. The molecule has 2 N–H and O–H groups in total. The van der Waals surface area contributed by atoms with Crippen LogP contribution in [-0.2, 0) is 10.0 Å². The summed E-state index contributed by atoms with van der Waals surface area (Å²) in [5.74, 6) is 2.49. The molecule has 0 aromatic heterocycles. The fourth-order valence-corrected chi connectivity index (χ4v) is 4.83. The lowest BCUT2D eigenvalue weighted by Crippen LogP contribution is -2.53. The molecule has 8 heteroatoms. The molecule has 2 atom stereocenters. The molecular weight excluding hydrogens is 427 g/mol. The zero-order chi connectivity index (χ0) is 16.4. The monoisotopic (exact) mass is 458 g/mol. The fraction of sp³-hybridized carbons (Fsp3) is 0.933. The van der Waals surface area contributed by atoms with E-state index in [1.807, 2.05) is 13.8 Å². The van der Waals surface area contributed by atoms with Gasteiger partial charge in [0.1, 0.15) is 0 Å². The summed E-state index contributed by atoms with van der Waals surface area (Å²) in [6.07, 6.45) is 6.56. The van der Waals surface area contributed by atoms with Crippen LogP contribution in [0.2, 0.25) is 0 Å². The van der Waals surface area contributed by atoms with Gasteiger partial charge in [-0.1, -0.05) is 12.8 Å². The minimum absolute atomic E-state index is 0. The summed E-state index contributed by atoms with van der Waals surface area (Å²) in [4.78, 5) is 6.71. The second kappa shape index (κ2) is 8.33. The van der Waals surface area contributed by atoms with E-state index in [1.54, 1.807) is 7.05 Å². The molecule has 2 rings (SSSR count). The number of guanidine groups is 1. The van der Waals surface area contributed by atoms with Gasteiger partial charge in [0.25, 0.3) is 0 Å². The minimum Gasteiger partial charge on any atom is -0.354 e. The molecule has 1 saturated heterocycles. The Balaban J connectivity index is 0.00000264. The molecule has 2 fully saturated rings. The van der Waals surface area contributed by atoms with E-state index in [2.05, 4.69) is 19.9 Å². The third kappa shape index (κ3) is 6.38. The first-order valence-corrected chi connectivity index (χ1v) is 10.0. The lowest BCUT2D eigenvalue weighted by atomic mass is 9.82. The van der Waals surface area contributed by atoms with Gasteiger partial charge in [0, 0.05) is 32.2 Å². The Kier molecular flexibility index (Phi) is 7.59. The van der Waals surface area contributed by atoms with Crippen molar-refractivity contribution in [2.24, 2.45) is 16.8 Å². The summed E-state index contributed by atoms with van der Waals surface area (Å²) in [7, 11) is -1.42. The van der Waals surface area contributed by atoms with E-state index in [4.69, 9.17) is 0 Å². The van der Waals surface area contributed by atoms with Crippen LogP contribution in [0, 0.1) is 11.8 Å². The van der Waals surface area contributed by atoms with E-state index in [0.717, 1.165) is 30.9 Å². The maximum Gasteiger partial charge on any atom is 0.209 e. The maximum atomic E-state index is 11.4. The topological polar surface area (TPSA) is 73.8 Å². The molecule has 136 valence electrons. The van der Waals surface area contributed by atoms with Gasteiger partial charge in [0.15, 0.2) is 5.96 Å². The van der Waals surface area contributed by atoms with Crippen LogP contribution in [-0.4, -0.2) is 57.8 Å². The summed E-state index contributed by atoms with van der Waals surface area (Å²) < 4.78 is 25.5.